The highest BCUT2D eigenvalue weighted by Gasteiger charge is 2.35. The molecule has 1 aromatic heterocycles. The van der Waals surface area contributed by atoms with Gasteiger partial charge in [-0.1, -0.05) is 54.6 Å². The third-order valence-corrected chi connectivity index (χ3v) is 4.87. The van der Waals surface area contributed by atoms with Gasteiger partial charge in [0.15, 0.2) is 0 Å². The average Bonchev–Trinajstić information content (AvgIpc) is 3.34. The van der Waals surface area contributed by atoms with Crippen molar-refractivity contribution in [3.8, 4) is 0 Å². The number of H-pyrrole nitrogens is 1. The summed E-state index contributed by atoms with van der Waals surface area (Å²) in [5.41, 5.74) is 5.61. The van der Waals surface area contributed by atoms with Crippen molar-refractivity contribution in [2.24, 2.45) is 11.1 Å². The fourth-order valence-corrected chi connectivity index (χ4v) is 3.37. The van der Waals surface area contributed by atoms with Crippen molar-refractivity contribution in [1.29, 1.82) is 0 Å². The van der Waals surface area contributed by atoms with Gasteiger partial charge in [-0.3, -0.25) is 5.10 Å². The molecule has 0 radical (unpaired) electrons. The molecule has 23 heavy (non-hydrogen) atoms. The topological polar surface area (TPSA) is 50.3 Å². The molecule has 4 nitrogen and oxygen atoms in total. The molecule has 1 atom stereocenters. The van der Waals surface area contributed by atoms with Gasteiger partial charge in [-0.2, -0.15) is 5.10 Å². The van der Waals surface area contributed by atoms with Gasteiger partial charge in [0.25, 0.3) is 0 Å². The minimum atomic E-state index is -0.00376. The molecule has 2 aromatic rings. The molecule has 1 aromatic carbocycles. The molecular weight excluding hydrogens is 286 g/mol. The Balaban J connectivity index is 1.70. The first-order chi connectivity index (χ1) is 11.2. The summed E-state index contributed by atoms with van der Waals surface area (Å²) in [5.74, 6) is 0.498. The third-order valence-electron chi connectivity index (χ3n) is 4.87. The second-order valence-corrected chi connectivity index (χ2v) is 6.69. The molecule has 0 amide bonds. The van der Waals surface area contributed by atoms with Gasteiger partial charge in [0.05, 0.1) is 0 Å². The van der Waals surface area contributed by atoms with Crippen molar-refractivity contribution in [3.63, 3.8) is 0 Å². The van der Waals surface area contributed by atoms with Crippen molar-refractivity contribution in [2.45, 2.75) is 31.6 Å². The highest BCUT2D eigenvalue weighted by molar-refractivity contribution is 6.04. The Labute approximate surface area is 136 Å². The molecule has 0 spiro atoms. The Bertz CT molecular complexity index is 771. The van der Waals surface area contributed by atoms with Crippen LogP contribution in [-0.2, 0) is 16.7 Å². The summed E-state index contributed by atoms with van der Waals surface area (Å²) in [6.07, 6.45) is 7.75. The van der Waals surface area contributed by atoms with Gasteiger partial charge < -0.3 is 4.84 Å². The molecule has 1 heterocycles. The monoisotopic (exact) mass is 307 g/mol. The first-order valence-corrected chi connectivity index (χ1v) is 8.15. The van der Waals surface area contributed by atoms with Crippen LogP contribution >= 0.6 is 0 Å². The van der Waals surface area contributed by atoms with E-state index in [0.717, 1.165) is 17.8 Å². The van der Waals surface area contributed by atoms with Crippen LogP contribution in [0.5, 0.6) is 0 Å². The van der Waals surface area contributed by atoms with Crippen LogP contribution in [0.3, 0.4) is 0 Å². The smallest absolute Gasteiger partial charge is 0.117 e. The average molecular weight is 307 g/mol. The van der Waals surface area contributed by atoms with Gasteiger partial charge in [-0.25, -0.2) is 0 Å². The zero-order valence-corrected chi connectivity index (χ0v) is 13.5. The van der Waals surface area contributed by atoms with E-state index in [-0.39, 0.29) is 5.41 Å². The molecule has 1 unspecified atom stereocenters. The molecule has 1 N–H and O–H groups in total. The first kappa shape index (κ1) is 14.2. The zero-order chi connectivity index (χ0) is 15.9. The lowest BCUT2D eigenvalue weighted by Gasteiger charge is -2.29. The van der Waals surface area contributed by atoms with E-state index < -0.39 is 0 Å². The maximum absolute atomic E-state index is 5.04. The number of hydrogen-bond donors (Lipinski definition) is 1. The van der Waals surface area contributed by atoms with E-state index in [4.69, 9.17) is 4.84 Å². The van der Waals surface area contributed by atoms with Crippen LogP contribution in [0.1, 0.15) is 42.3 Å². The quantitative estimate of drug-likeness (QED) is 0.691. The van der Waals surface area contributed by atoms with E-state index in [1.807, 2.05) is 0 Å². The summed E-state index contributed by atoms with van der Waals surface area (Å²) in [7, 11) is 1.60. The van der Waals surface area contributed by atoms with Gasteiger partial charge in [0, 0.05) is 29.0 Å². The number of fused-ring (bicyclic) bond motifs is 1. The molecule has 118 valence electrons. The van der Waals surface area contributed by atoms with Crippen LogP contribution in [-0.4, -0.2) is 23.0 Å². The lowest BCUT2D eigenvalue weighted by Crippen LogP contribution is -2.25. The Morgan fingerprint density at radius 1 is 1.30 bits per heavy atom. The van der Waals surface area contributed by atoms with Crippen molar-refractivity contribution in [1.82, 2.24) is 10.2 Å². The number of aromatic amines is 1. The van der Waals surface area contributed by atoms with Gasteiger partial charge >= 0.3 is 0 Å². The largest absolute Gasteiger partial charge is 0.399 e. The van der Waals surface area contributed by atoms with Crippen LogP contribution in [0.15, 0.2) is 41.6 Å². The lowest BCUT2D eigenvalue weighted by atomic mass is 9.74. The Hall–Kier alpha value is -2.36. The zero-order valence-electron chi connectivity index (χ0n) is 13.5. The highest BCUT2D eigenvalue weighted by atomic mass is 16.6. The maximum Gasteiger partial charge on any atom is 0.117 e. The van der Waals surface area contributed by atoms with Gasteiger partial charge in [0.2, 0.25) is 0 Å². The van der Waals surface area contributed by atoms with Gasteiger partial charge in [-0.05, 0) is 18.4 Å². The number of rotatable bonds is 4. The number of benzene rings is 1. The number of nitrogens with zero attached hydrogens (tertiary/aromatic N) is 2. The summed E-state index contributed by atoms with van der Waals surface area (Å²) in [6.45, 7) is 2.27. The lowest BCUT2D eigenvalue weighted by molar-refractivity contribution is 0.212. The maximum atomic E-state index is 5.04. The molecule has 4 rings (SSSR count). The predicted molar refractivity (Wildman–Crippen MR) is 91.4 cm³/mol. The number of allylic oxidation sites excluding steroid dienone is 1. The van der Waals surface area contributed by atoms with Crippen LogP contribution in [0.2, 0.25) is 0 Å². The van der Waals surface area contributed by atoms with E-state index in [0.29, 0.717) is 5.92 Å². The van der Waals surface area contributed by atoms with E-state index in [1.54, 1.807) is 7.11 Å². The number of hydrogen-bond acceptors (Lipinski definition) is 3. The van der Waals surface area contributed by atoms with E-state index in [2.05, 4.69) is 64.8 Å². The minimum absolute atomic E-state index is 0.00376. The fourth-order valence-electron chi connectivity index (χ4n) is 3.37. The predicted octanol–water partition coefficient (Wildman–Crippen LogP) is 3.70. The summed E-state index contributed by atoms with van der Waals surface area (Å²) in [6, 6.07) is 10.6. The van der Waals surface area contributed by atoms with Gasteiger partial charge in [0.1, 0.15) is 18.5 Å². The highest BCUT2D eigenvalue weighted by Crippen LogP contribution is 2.39. The summed E-state index contributed by atoms with van der Waals surface area (Å²) in [5, 5.41) is 12.0. The fraction of sp³-hybridized carbons (Fsp3) is 0.368. The van der Waals surface area contributed by atoms with Gasteiger partial charge in [-0.15, -0.1) is 0 Å². The molecule has 2 aliphatic carbocycles. The van der Waals surface area contributed by atoms with Crippen LogP contribution < -0.4 is 0 Å². The van der Waals surface area contributed by atoms with Crippen molar-refractivity contribution < 1.29 is 4.84 Å². The SMILES string of the molecule is CON=C(c1n[nH]c2c1C=CC(C)(c1ccccc1)C2)C1CC1. The van der Waals surface area contributed by atoms with Crippen LogP contribution in [0, 0.1) is 5.92 Å². The molecule has 0 bridgehead atoms. The second-order valence-electron chi connectivity index (χ2n) is 6.69. The Morgan fingerprint density at radius 3 is 2.78 bits per heavy atom. The van der Waals surface area contributed by atoms with Crippen LogP contribution in [0.25, 0.3) is 6.08 Å². The molecular formula is C19H21N3O. The number of aromatic nitrogens is 2. The number of oxime groups is 1. The number of nitrogens with one attached hydrogen (secondary N) is 1. The van der Waals surface area contributed by atoms with E-state index in [9.17, 15) is 0 Å². The second kappa shape index (κ2) is 5.37. The standard InChI is InChI=1S/C19H21N3O/c1-19(14-6-4-3-5-7-14)11-10-15-16(12-19)20-21-18(15)17(22-23-2)13-8-9-13/h3-7,10-11,13H,8-9,12H2,1-2H3,(H,20,21). The normalized spacial score (nSPS) is 23.7. The summed E-state index contributed by atoms with van der Waals surface area (Å²) in [4.78, 5) is 5.04. The van der Waals surface area contributed by atoms with Crippen LogP contribution in [0.4, 0.5) is 0 Å². The van der Waals surface area contributed by atoms with Crippen molar-refractivity contribution in [3.05, 3.63) is 58.9 Å². The molecule has 1 saturated carbocycles. The Morgan fingerprint density at radius 2 is 2.09 bits per heavy atom. The molecule has 2 aliphatic rings. The molecule has 4 heteroatoms. The molecule has 1 fully saturated rings. The first-order valence-electron chi connectivity index (χ1n) is 8.15. The Kier molecular flexibility index (Phi) is 3.33. The van der Waals surface area contributed by atoms with E-state index >= 15 is 0 Å². The van der Waals surface area contributed by atoms with Crippen molar-refractivity contribution in [2.75, 3.05) is 7.11 Å². The molecule has 0 aliphatic heterocycles. The van der Waals surface area contributed by atoms with E-state index in [1.165, 1.54) is 29.7 Å². The van der Waals surface area contributed by atoms with Crippen molar-refractivity contribution >= 4 is 11.8 Å². The summed E-state index contributed by atoms with van der Waals surface area (Å²) < 4.78 is 0. The molecule has 0 saturated heterocycles. The third kappa shape index (κ3) is 2.48. The minimum Gasteiger partial charge on any atom is -0.399 e. The summed E-state index contributed by atoms with van der Waals surface area (Å²) >= 11 is 0.